The molecule has 0 aliphatic carbocycles. The van der Waals surface area contributed by atoms with Crippen molar-refractivity contribution in [3.05, 3.63) is 82.0 Å². The summed E-state index contributed by atoms with van der Waals surface area (Å²) in [6.45, 7) is 0.377. The molecule has 3 nitrogen and oxygen atoms in total. The zero-order chi connectivity index (χ0) is 16.1. The summed E-state index contributed by atoms with van der Waals surface area (Å²) in [6, 6.07) is 19.4. The van der Waals surface area contributed by atoms with E-state index in [-0.39, 0.29) is 12.5 Å². The molecule has 2 N–H and O–H groups in total. The van der Waals surface area contributed by atoms with Gasteiger partial charge in [0.1, 0.15) is 0 Å². The molecule has 3 aromatic rings. The van der Waals surface area contributed by atoms with Gasteiger partial charge in [0.05, 0.1) is 11.5 Å². The molecule has 0 radical (unpaired) electrons. The Morgan fingerprint density at radius 2 is 1.65 bits per heavy atom. The van der Waals surface area contributed by atoms with E-state index in [0.717, 1.165) is 22.3 Å². The lowest BCUT2D eigenvalue weighted by atomic mass is 10.1. The molecular weight excluding hydrogens is 306 g/mol. The number of aliphatic hydroxyl groups excluding tert-OH is 1. The van der Waals surface area contributed by atoms with E-state index in [0.29, 0.717) is 11.4 Å². The average molecular weight is 323 g/mol. The third-order valence-electron chi connectivity index (χ3n) is 3.68. The van der Waals surface area contributed by atoms with Crippen LogP contribution in [0.5, 0.6) is 0 Å². The molecular formula is C19H17NO2S. The third-order valence-corrected chi connectivity index (χ3v) is 4.60. The van der Waals surface area contributed by atoms with Crippen LogP contribution in [0.3, 0.4) is 0 Å². The standard InChI is InChI=1S/C19H17NO2S/c21-13-16-9-5-4-8-15(16)12-20-19(22)18-17(10-11-23-18)14-6-2-1-3-7-14/h1-11,21H,12-13H2,(H,20,22). The molecule has 0 aliphatic heterocycles. The van der Waals surface area contributed by atoms with Gasteiger partial charge in [-0.15, -0.1) is 11.3 Å². The van der Waals surface area contributed by atoms with Gasteiger partial charge in [-0.05, 0) is 28.1 Å². The van der Waals surface area contributed by atoms with E-state index in [1.165, 1.54) is 11.3 Å². The van der Waals surface area contributed by atoms with Crippen LogP contribution in [0.2, 0.25) is 0 Å². The zero-order valence-electron chi connectivity index (χ0n) is 12.5. The molecule has 0 aliphatic rings. The second-order valence-corrected chi connectivity index (χ2v) is 6.06. The van der Waals surface area contributed by atoms with Gasteiger partial charge in [0.2, 0.25) is 0 Å². The van der Waals surface area contributed by atoms with Gasteiger partial charge < -0.3 is 10.4 Å². The summed E-state index contributed by atoms with van der Waals surface area (Å²) in [5.41, 5.74) is 3.75. The first-order valence-electron chi connectivity index (χ1n) is 7.38. The number of carbonyl (C=O) groups is 1. The number of hydrogen-bond donors (Lipinski definition) is 2. The van der Waals surface area contributed by atoms with Gasteiger partial charge in [-0.2, -0.15) is 0 Å². The van der Waals surface area contributed by atoms with Crippen molar-refractivity contribution in [3.63, 3.8) is 0 Å². The lowest BCUT2D eigenvalue weighted by molar-refractivity contribution is 0.0955. The molecule has 0 fully saturated rings. The molecule has 1 aromatic heterocycles. The van der Waals surface area contributed by atoms with Gasteiger partial charge in [-0.25, -0.2) is 0 Å². The molecule has 0 saturated carbocycles. The number of nitrogens with one attached hydrogen (secondary N) is 1. The molecule has 0 spiro atoms. The van der Waals surface area contributed by atoms with Crippen molar-refractivity contribution in [3.8, 4) is 11.1 Å². The van der Waals surface area contributed by atoms with Crippen LogP contribution in [0.1, 0.15) is 20.8 Å². The molecule has 23 heavy (non-hydrogen) atoms. The summed E-state index contributed by atoms with van der Waals surface area (Å²) in [6.07, 6.45) is 0. The normalized spacial score (nSPS) is 10.5. The highest BCUT2D eigenvalue weighted by Crippen LogP contribution is 2.28. The second-order valence-electron chi connectivity index (χ2n) is 5.14. The quantitative estimate of drug-likeness (QED) is 0.749. The maximum absolute atomic E-state index is 12.5. The Balaban J connectivity index is 1.76. The summed E-state index contributed by atoms with van der Waals surface area (Å²) >= 11 is 1.44. The Morgan fingerprint density at radius 1 is 0.957 bits per heavy atom. The lowest BCUT2D eigenvalue weighted by Crippen LogP contribution is -2.23. The number of rotatable bonds is 5. The highest BCUT2D eigenvalue weighted by molar-refractivity contribution is 7.12. The van der Waals surface area contributed by atoms with E-state index in [2.05, 4.69) is 5.32 Å². The molecule has 0 unspecified atom stereocenters. The van der Waals surface area contributed by atoms with Crippen LogP contribution in [0.15, 0.2) is 66.0 Å². The first kappa shape index (κ1) is 15.5. The fraction of sp³-hybridized carbons (Fsp3) is 0.105. The van der Waals surface area contributed by atoms with Crippen molar-refractivity contribution in [2.45, 2.75) is 13.2 Å². The van der Waals surface area contributed by atoms with Crippen LogP contribution in [0.25, 0.3) is 11.1 Å². The lowest BCUT2D eigenvalue weighted by Gasteiger charge is -2.09. The first-order chi connectivity index (χ1) is 11.3. The molecule has 0 atom stereocenters. The minimum Gasteiger partial charge on any atom is -0.392 e. The minimum absolute atomic E-state index is 0.0275. The third kappa shape index (κ3) is 3.50. The summed E-state index contributed by atoms with van der Waals surface area (Å²) in [7, 11) is 0. The van der Waals surface area contributed by atoms with E-state index < -0.39 is 0 Å². The van der Waals surface area contributed by atoms with Crippen LogP contribution in [0, 0.1) is 0 Å². The summed E-state index contributed by atoms with van der Waals surface area (Å²) < 4.78 is 0. The Bertz CT molecular complexity index is 796. The van der Waals surface area contributed by atoms with Gasteiger partial charge in [0.25, 0.3) is 5.91 Å². The van der Waals surface area contributed by atoms with E-state index in [1.54, 1.807) is 0 Å². The fourth-order valence-corrected chi connectivity index (χ4v) is 3.30. The van der Waals surface area contributed by atoms with Crippen LogP contribution < -0.4 is 5.32 Å². The maximum Gasteiger partial charge on any atom is 0.262 e. The fourth-order valence-electron chi connectivity index (χ4n) is 2.47. The molecule has 2 aromatic carbocycles. The van der Waals surface area contributed by atoms with E-state index >= 15 is 0 Å². The SMILES string of the molecule is O=C(NCc1ccccc1CO)c1sccc1-c1ccccc1. The van der Waals surface area contributed by atoms with E-state index in [1.807, 2.05) is 66.0 Å². The molecule has 3 rings (SSSR count). The van der Waals surface area contributed by atoms with Crippen LogP contribution in [-0.2, 0) is 13.2 Å². The van der Waals surface area contributed by atoms with Crippen molar-refractivity contribution in [1.29, 1.82) is 0 Å². The van der Waals surface area contributed by atoms with E-state index in [9.17, 15) is 9.90 Å². The number of aliphatic hydroxyl groups is 1. The predicted octanol–water partition coefficient (Wildman–Crippen LogP) is 3.84. The predicted molar refractivity (Wildman–Crippen MR) is 93.3 cm³/mol. The molecule has 116 valence electrons. The Hall–Kier alpha value is -2.43. The number of thiophene rings is 1. The summed E-state index contributed by atoms with van der Waals surface area (Å²) in [5, 5.41) is 14.2. The minimum atomic E-state index is -0.0911. The van der Waals surface area contributed by atoms with Gasteiger partial charge in [-0.1, -0.05) is 54.6 Å². The van der Waals surface area contributed by atoms with Crippen molar-refractivity contribution in [2.75, 3.05) is 0 Å². The van der Waals surface area contributed by atoms with Crippen LogP contribution in [0.4, 0.5) is 0 Å². The number of hydrogen-bond acceptors (Lipinski definition) is 3. The molecule has 0 bridgehead atoms. The van der Waals surface area contributed by atoms with Gasteiger partial charge in [0, 0.05) is 12.1 Å². The Morgan fingerprint density at radius 3 is 2.39 bits per heavy atom. The summed E-state index contributed by atoms with van der Waals surface area (Å²) in [4.78, 5) is 13.2. The van der Waals surface area contributed by atoms with Crippen molar-refractivity contribution >= 4 is 17.2 Å². The Labute approximate surface area is 139 Å². The largest absolute Gasteiger partial charge is 0.392 e. The van der Waals surface area contributed by atoms with E-state index in [4.69, 9.17) is 0 Å². The van der Waals surface area contributed by atoms with Gasteiger partial charge in [0.15, 0.2) is 0 Å². The molecule has 1 amide bonds. The van der Waals surface area contributed by atoms with Crippen molar-refractivity contribution in [1.82, 2.24) is 5.32 Å². The topological polar surface area (TPSA) is 49.3 Å². The van der Waals surface area contributed by atoms with Crippen molar-refractivity contribution in [2.24, 2.45) is 0 Å². The highest BCUT2D eigenvalue weighted by Gasteiger charge is 2.14. The molecule has 0 saturated heterocycles. The van der Waals surface area contributed by atoms with Crippen LogP contribution >= 0.6 is 11.3 Å². The maximum atomic E-state index is 12.5. The van der Waals surface area contributed by atoms with Crippen molar-refractivity contribution < 1.29 is 9.90 Å². The summed E-state index contributed by atoms with van der Waals surface area (Å²) in [5.74, 6) is -0.0911. The zero-order valence-corrected chi connectivity index (χ0v) is 13.3. The smallest absolute Gasteiger partial charge is 0.262 e. The Kier molecular flexibility index (Phi) is 4.86. The molecule has 1 heterocycles. The monoisotopic (exact) mass is 323 g/mol. The van der Waals surface area contributed by atoms with Crippen LogP contribution in [-0.4, -0.2) is 11.0 Å². The second kappa shape index (κ2) is 7.22. The number of amides is 1. The number of benzene rings is 2. The first-order valence-corrected chi connectivity index (χ1v) is 8.26. The van der Waals surface area contributed by atoms with Gasteiger partial charge in [-0.3, -0.25) is 4.79 Å². The average Bonchev–Trinajstić information content (AvgIpc) is 3.10. The van der Waals surface area contributed by atoms with Gasteiger partial charge >= 0.3 is 0 Å². The molecule has 4 heteroatoms. The highest BCUT2D eigenvalue weighted by atomic mass is 32.1. The number of carbonyl (C=O) groups excluding carboxylic acids is 1.